The molecule has 1 heterocycles. The summed E-state index contributed by atoms with van der Waals surface area (Å²) in [6.07, 6.45) is 4.50. The van der Waals surface area contributed by atoms with Crippen LogP contribution < -0.4 is 0 Å². The molecule has 1 aromatic heterocycles. The summed E-state index contributed by atoms with van der Waals surface area (Å²) in [6.45, 7) is 4.31. The molecule has 2 aliphatic carbocycles. The van der Waals surface area contributed by atoms with Crippen molar-refractivity contribution in [3.05, 3.63) is 151 Å². The molecule has 0 unspecified atom stereocenters. The monoisotopic (exact) mass is 601 g/mol. The minimum atomic E-state index is 1.05. The fourth-order valence-corrected chi connectivity index (χ4v) is 7.50. The zero-order valence-electron chi connectivity index (χ0n) is 26.8. The van der Waals surface area contributed by atoms with Gasteiger partial charge in [0.1, 0.15) is 0 Å². The molecule has 0 atom stereocenters. The number of pyridine rings is 1. The highest BCUT2D eigenvalue weighted by Crippen LogP contribution is 2.58. The normalized spacial score (nSPS) is 12.6. The Morgan fingerprint density at radius 1 is 0.426 bits per heavy atom. The summed E-state index contributed by atoms with van der Waals surface area (Å²) >= 11 is 0. The number of benzene rings is 7. The molecule has 47 heavy (non-hydrogen) atoms. The van der Waals surface area contributed by atoms with Crippen molar-refractivity contribution in [2.45, 2.75) is 33.1 Å². The van der Waals surface area contributed by atoms with E-state index >= 15 is 0 Å². The van der Waals surface area contributed by atoms with Gasteiger partial charge in [-0.15, -0.1) is 0 Å². The second-order valence-corrected chi connectivity index (χ2v) is 13.0. The Labute approximate surface area is 276 Å². The molecule has 0 N–H and O–H groups in total. The molecule has 1 heteroatoms. The quantitative estimate of drug-likeness (QED) is 0.196. The van der Waals surface area contributed by atoms with Crippen LogP contribution in [0.25, 0.3) is 88.1 Å². The zero-order valence-corrected chi connectivity index (χ0v) is 26.8. The molecule has 224 valence electrons. The molecule has 0 bridgehead atoms. The van der Waals surface area contributed by atoms with Crippen LogP contribution in [0.2, 0.25) is 0 Å². The van der Waals surface area contributed by atoms with Crippen LogP contribution in [0.5, 0.6) is 0 Å². The molecule has 1 fully saturated rings. The number of hydrogen-bond donors (Lipinski definition) is 0. The van der Waals surface area contributed by atoms with Gasteiger partial charge in [-0.1, -0.05) is 147 Å². The maximum atomic E-state index is 5.22. The van der Waals surface area contributed by atoms with Gasteiger partial charge in [0.25, 0.3) is 0 Å². The largest absolute Gasteiger partial charge is 0.252 e. The van der Waals surface area contributed by atoms with E-state index in [4.69, 9.17) is 4.98 Å². The molecule has 7 aromatic carbocycles. The molecular formula is C46H35N. The average molecular weight is 602 g/mol. The van der Waals surface area contributed by atoms with Gasteiger partial charge in [-0.3, -0.25) is 4.98 Å². The first-order chi connectivity index (χ1) is 23.2. The first-order valence-corrected chi connectivity index (χ1v) is 16.8. The van der Waals surface area contributed by atoms with Crippen molar-refractivity contribution in [2.24, 2.45) is 0 Å². The molecule has 2 aliphatic rings. The number of fused-ring (bicyclic) bond motifs is 5. The van der Waals surface area contributed by atoms with Crippen LogP contribution in [-0.4, -0.2) is 4.98 Å². The Morgan fingerprint density at radius 3 is 1.55 bits per heavy atom. The van der Waals surface area contributed by atoms with Gasteiger partial charge in [0.2, 0.25) is 0 Å². The summed E-state index contributed by atoms with van der Waals surface area (Å²) < 4.78 is 0. The van der Waals surface area contributed by atoms with Gasteiger partial charge in [0, 0.05) is 16.6 Å². The minimum absolute atomic E-state index is 1.05. The predicted molar refractivity (Wildman–Crippen MR) is 201 cm³/mol. The van der Waals surface area contributed by atoms with Crippen molar-refractivity contribution < 1.29 is 0 Å². The second-order valence-electron chi connectivity index (χ2n) is 13.0. The lowest BCUT2D eigenvalue weighted by Crippen LogP contribution is -1.95. The van der Waals surface area contributed by atoms with Gasteiger partial charge in [-0.2, -0.15) is 0 Å². The zero-order chi connectivity index (χ0) is 31.5. The van der Waals surface area contributed by atoms with Crippen molar-refractivity contribution in [1.29, 1.82) is 0 Å². The van der Waals surface area contributed by atoms with Crippen LogP contribution in [0.1, 0.15) is 30.5 Å². The van der Waals surface area contributed by atoms with Gasteiger partial charge in [-0.25, -0.2) is 0 Å². The van der Waals surface area contributed by atoms with Gasteiger partial charge < -0.3 is 0 Å². The third-order valence-corrected chi connectivity index (χ3v) is 9.89. The molecule has 1 saturated carbocycles. The highest BCUT2D eigenvalue weighted by atomic mass is 14.7. The molecule has 10 rings (SSSR count). The number of aryl methyl sites for hydroxylation is 2. The highest BCUT2D eigenvalue weighted by molar-refractivity contribution is 6.28. The number of aromatic nitrogens is 1. The fourth-order valence-electron chi connectivity index (χ4n) is 7.50. The molecule has 0 saturated heterocycles. The predicted octanol–water partition coefficient (Wildman–Crippen LogP) is 13.0. The van der Waals surface area contributed by atoms with E-state index in [0.29, 0.717) is 0 Å². The number of nitrogens with zero attached hydrogens (tertiary/aromatic N) is 1. The Kier molecular flexibility index (Phi) is 6.54. The number of hydrogen-bond acceptors (Lipinski definition) is 1. The average Bonchev–Trinajstić information content (AvgIpc) is 3.99. The van der Waals surface area contributed by atoms with Gasteiger partial charge in [0.05, 0.1) is 5.69 Å². The van der Waals surface area contributed by atoms with E-state index in [0.717, 1.165) is 17.0 Å². The van der Waals surface area contributed by atoms with Gasteiger partial charge >= 0.3 is 0 Å². The fraction of sp³-hybridized carbons (Fsp3) is 0.109. The lowest BCUT2D eigenvalue weighted by Gasteiger charge is -2.20. The van der Waals surface area contributed by atoms with E-state index in [1.807, 2.05) is 0 Å². The lowest BCUT2D eigenvalue weighted by molar-refractivity contribution is 1.18. The Hall–Kier alpha value is -5.53. The Balaban J connectivity index is 0.000000957. The summed E-state index contributed by atoms with van der Waals surface area (Å²) in [5.41, 5.74) is 14.8. The molecule has 0 amide bonds. The number of rotatable bonds is 3. The van der Waals surface area contributed by atoms with Crippen molar-refractivity contribution in [3.8, 4) is 55.8 Å². The Morgan fingerprint density at radius 2 is 0.957 bits per heavy atom. The first kappa shape index (κ1) is 27.8. The van der Waals surface area contributed by atoms with Crippen LogP contribution in [0.15, 0.2) is 140 Å². The van der Waals surface area contributed by atoms with Gasteiger partial charge in [0.15, 0.2) is 0 Å². The Bertz CT molecular complexity index is 2480. The van der Waals surface area contributed by atoms with E-state index in [9.17, 15) is 0 Å². The van der Waals surface area contributed by atoms with Crippen LogP contribution in [-0.2, 0) is 0 Å². The lowest BCUT2D eigenvalue weighted by atomic mass is 9.82. The smallest absolute Gasteiger partial charge is 0.0784 e. The topological polar surface area (TPSA) is 12.9 Å². The van der Waals surface area contributed by atoms with E-state index in [2.05, 4.69) is 153 Å². The van der Waals surface area contributed by atoms with Crippen LogP contribution in [0.4, 0.5) is 0 Å². The molecule has 8 aromatic rings. The molecular weight excluding hydrogens is 567 g/mol. The van der Waals surface area contributed by atoms with Gasteiger partial charge in [-0.05, 0) is 103 Å². The third-order valence-electron chi connectivity index (χ3n) is 9.89. The van der Waals surface area contributed by atoms with Crippen LogP contribution in [0.3, 0.4) is 0 Å². The maximum Gasteiger partial charge on any atom is 0.0784 e. The van der Waals surface area contributed by atoms with Crippen molar-refractivity contribution in [2.75, 3.05) is 0 Å². The first-order valence-electron chi connectivity index (χ1n) is 16.8. The molecule has 0 aliphatic heterocycles. The standard InChI is InChI=1S/C43H29N.C3H6/c1-26-27(2)44-43(35-22-12-9-19-32(26)35)31-24-30-18-13-23-36-38(30)37(25-31)42-40(29-16-7-4-8-17-29)34-21-11-10-20-33(34)39(41(36)42)28-14-5-3-6-15-28;1-2-3-1/h3-25H,1-2H3;1-3H2. The summed E-state index contributed by atoms with van der Waals surface area (Å²) in [5, 5.41) is 7.59. The van der Waals surface area contributed by atoms with Crippen LogP contribution >= 0.6 is 0 Å². The highest BCUT2D eigenvalue weighted by Gasteiger charge is 2.31. The van der Waals surface area contributed by atoms with Crippen LogP contribution in [0, 0.1) is 13.8 Å². The van der Waals surface area contributed by atoms with E-state index in [-0.39, 0.29) is 0 Å². The second kappa shape index (κ2) is 11.1. The minimum Gasteiger partial charge on any atom is -0.252 e. The summed E-state index contributed by atoms with van der Waals surface area (Å²) in [5.74, 6) is 0. The molecule has 0 radical (unpaired) electrons. The maximum absolute atomic E-state index is 5.22. The molecule has 0 spiro atoms. The van der Waals surface area contributed by atoms with E-state index < -0.39 is 0 Å². The molecule has 1 nitrogen and oxygen atoms in total. The van der Waals surface area contributed by atoms with E-state index in [1.165, 1.54) is 102 Å². The summed E-state index contributed by atoms with van der Waals surface area (Å²) in [4.78, 5) is 5.22. The summed E-state index contributed by atoms with van der Waals surface area (Å²) in [6, 6.07) is 51.0. The van der Waals surface area contributed by atoms with Crippen molar-refractivity contribution in [3.63, 3.8) is 0 Å². The third kappa shape index (κ3) is 4.49. The summed E-state index contributed by atoms with van der Waals surface area (Å²) in [7, 11) is 0. The van der Waals surface area contributed by atoms with E-state index in [1.54, 1.807) is 0 Å². The van der Waals surface area contributed by atoms with Crippen molar-refractivity contribution >= 4 is 32.3 Å². The SMILES string of the molecule is C1CC1.Cc1nc(-c2cc3c4c(cccc4c2)-c2c-3c(-c3ccccc3)c3ccccc3c2-c2ccccc2)c2ccccc2c1C. The van der Waals surface area contributed by atoms with Crippen molar-refractivity contribution in [1.82, 2.24) is 4.98 Å².